The fourth-order valence-electron chi connectivity index (χ4n) is 3.12. The summed E-state index contributed by atoms with van der Waals surface area (Å²) in [6.07, 6.45) is 2.39. The maximum Gasteiger partial charge on any atom is 0.159 e. The van der Waals surface area contributed by atoms with E-state index in [0.717, 1.165) is 36.5 Å². The van der Waals surface area contributed by atoms with Crippen LogP contribution >= 0.6 is 0 Å². The van der Waals surface area contributed by atoms with Gasteiger partial charge in [0, 0.05) is 30.3 Å². The highest BCUT2D eigenvalue weighted by Gasteiger charge is 2.23. The fraction of sp³-hybridized carbons (Fsp3) is 0.611. The second-order valence-electron chi connectivity index (χ2n) is 6.31. The average molecular weight is 304 g/mol. The molecule has 1 aliphatic heterocycles. The Labute approximate surface area is 133 Å². The highest BCUT2D eigenvalue weighted by atomic mass is 16.5. The SMILES string of the molecule is CCOc1ccc(C(C)=O)cc1CN1CCCC(C(C)N)C1. The summed E-state index contributed by atoms with van der Waals surface area (Å²) in [4.78, 5) is 14.1. The molecule has 2 unspecified atom stereocenters. The maximum atomic E-state index is 11.6. The number of carbonyl (C=O) groups excluding carboxylic acids is 1. The summed E-state index contributed by atoms with van der Waals surface area (Å²) in [6.45, 7) is 9.24. The Balaban J connectivity index is 2.15. The number of nitrogens with zero attached hydrogens (tertiary/aromatic N) is 1. The molecule has 2 atom stereocenters. The van der Waals surface area contributed by atoms with Crippen molar-refractivity contribution in [2.24, 2.45) is 11.7 Å². The average Bonchev–Trinajstić information content (AvgIpc) is 2.49. The number of ketones is 1. The first-order chi connectivity index (χ1) is 10.5. The number of hydrogen-bond acceptors (Lipinski definition) is 4. The molecule has 0 aliphatic carbocycles. The Morgan fingerprint density at radius 2 is 2.27 bits per heavy atom. The van der Waals surface area contributed by atoms with Gasteiger partial charge in [-0.3, -0.25) is 9.69 Å². The zero-order chi connectivity index (χ0) is 16.1. The van der Waals surface area contributed by atoms with Crippen LogP contribution in [-0.2, 0) is 6.54 Å². The zero-order valence-corrected chi connectivity index (χ0v) is 14.0. The third-order valence-electron chi connectivity index (χ3n) is 4.45. The number of hydrogen-bond donors (Lipinski definition) is 1. The first-order valence-electron chi connectivity index (χ1n) is 8.25. The molecule has 22 heavy (non-hydrogen) atoms. The molecule has 1 fully saturated rings. The number of piperidine rings is 1. The van der Waals surface area contributed by atoms with Crippen molar-refractivity contribution in [1.82, 2.24) is 4.90 Å². The number of rotatable bonds is 6. The van der Waals surface area contributed by atoms with Crippen molar-refractivity contribution < 1.29 is 9.53 Å². The Kier molecular flexibility index (Phi) is 5.98. The molecule has 0 spiro atoms. The molecule has 0 saturated carbocycles. The van der Waals surface area contributed by atoms with Crippen LogP contribution in [0.1, 0.15) is 49.5 Å². The normalized spacial score (nSPS) is 20.6. The lowest BCUT2D eigenvalue weighted by Gasteiger charge is -2.35. The van der Waals surface area contributed by atoms with Gasteiger partial charge in [0.1, 0.15) is 5.75 Å². The van der Waals surface area contributed by atoms with E-state index in [1.54, 1.807) is 6.92 Å². The summed E-state index contributed by atoms with van der Waals surface area (Å²) >= 11 is 0. The lowest BCUT2D eigenvalue weighted by atomic mass is 9.92. The van der Waals surface area contributed by atoms with Gasteiger partial charge in [-0.1, -0.05) is 0 Å². The summed E-state index contributed by atoms with van der Waals surface area (Å²) in [6, 6.07) is 5.97. The van der Waals surface area contributed by atoms with Crippen LogP contribution in [0.3, 0.4) is 0 Å². The van der Waals surface area contributed by atoms with Gasteiger partial charge in [0.25, 0.3) is 0 Å². The molecule has 0 radical (unpaired) electrons. The van der Waals surface area contributed by atoms with E-state index in [2.05, 4.69) is 11.8 Å². The van der Waals surface area contributed by atoms with E-state index >= 15 is 0 Å². The van der Waals surface area contributed by atoms with Gasteiger partial charge in [-0.2, -0.15) is 0 Å². The van der Waals surface area contributed by atoms with E-state index in [-0.39, 0.29) is 11.8 Å². The van der Waals surface area contributed by atoms with E-state index in [0.29, 0.717) is 12.5 Å². The molecular formula is C18H28N2O2. The van der Waals surface area contributed by atoms with Crippen molar-refractivity contribution in [3.05, 3.63) is 29.3 Å². The molecule has 4 nitrogen and oxygen atoms in total. The zero-order valence-electron chi connectivity index (χ0n) is 14.0. The van der Waals surface area contributed by atoms with Crippen LogP contribution in [0.15, 0.2) is 18.2 Å². The van der Waals surface area contributed by atoms with Crippen LogP contribution in [0.4, 0.5) is 0 Å². The second-order valence-corrected chi connectivity index (χ2v) is 6.31. The van der Waals surface area contributed by atoms with E-state index in [1.165, 1.54) is 12.8 Å². The predicted octanol–water partition coefficient (Wildman–Crippen LogP) is 2.85. The van der Waals surface area contributed by atoms with Gasteiger partial charge in [0.05, 0.1) is 6.61 Å². The summed E-state index contributed by atoms with van der Waals surface area (Å²) in [5.74, 6) is 1.53. The van der Waals surface area contributed by atoms with E-state index in [9.17, 15) is 4.79 Å². The van der Waals surface area contributed by atoms with Crippen LogP contribution in [0.2, 0.25) is 0 Å². The van der Waals surface area contributed by atoms with Crippen molar-refractivity contribution in [3.63, 3.8) is 0 Å². The number of Topliss-reactive ketones (excluding diaryl/α,β-unsaturated/α-hetero) is 1. The summed E-state index contributed by atoms with van der Waals surface area (Å²) in [7, 11) is 0. The first-order valence-corrected chi connectivity index (χ1v) is 8.25. The Morgan fingerprint density at radius 1 is 1.50 bits per heavy atom. The number of likely N-dealkylation sites (tertiary alicyclic amines) is 1. The quantitative estimate of drug-likeness (QED) is 0.821. The van der Waals surface area contributed by atoms with Gasteiger partial charge >= 0.3 is 0 Å². The minimum Gasteiger partial charge on any atom is -0.494 e. The van der Waals surface area contributed by atoms with E-state index in [4.69, 9.17) is 10.5 Å². The largest absolute Gasteiger partial charge is 0.494 e. The lowest BCUT2D eigenvalue weighted by Crippen LogP contribution is -2.42. The molecule has 1 heterocycles. The van der Waals surface area contributed by atoms with Gasteiger partial charge in [0.2, 0.25) is 0 Å². The molecule has 1 saturated heterocycles. The monoisotopic (exact) mass is 304 g/mol. The number of carbonyl (C=O) groups is 1. The molecule has 2 N–H and O–H groups in total. The summed E-state index contributed by atoms with van der Waals surface area (Å²) in [5.41, 5.74) is 7.91. The number of nitrogens with two attached hydrogens (primary N) is 1. The molecule has 1 aromatic carbocycles. The van der Waals surface area contributed by atoms with Crippen LogP contribution < -0.4 is 10.5 Å². The Hall–Kier alpha value is -1.39. The molecule has 1 aromatic rings. The molecule has 4 heteroatoms. The third-order valence-corrected chi connectivity index (χ3v) is 4.45. The highest BCUT2D eigenvalue weighted by molar-refractivity contribution is 5.94. The summed E-state index contributed by atoms with van der Waals surface area (Å²) < 4.78 is 5.72. The molecule has 0 bridgehead atoms. The number of benzene rings is 1. The van der Waals surface area contributed by atoms with Gasteiger partial charge in [-0.15, -0.1) is 0 Å². The standard InChI is InChI=1S/C18H28N2O2/c1-4-22-18-8-7-15(14(3)21)10-17(18)12-20-9-5-6-16(11-20)13(2)19/h7-8,10,13,16H,4-6,9,11-12,19H2,1-3H3. The van der Waals surface area contributed by atoms with Crippen LogP contribution in [0, 0.1) is 5.92 Å². The van der Waals surface area contributed by atoms with Crippen LogP contribution in [0.5, 0.6) is 5.75 Å². The molecule has 0 aromatic heterocycles. The minimum atomic E-state index is 0.0939. The van der Waals surface area contributed by atoms with Gasteiger partial charge < -0.3 is 10.5 Å². The second kappa shape index (κ2) is 7.75. The van der Waals surface area contributed by atoms with Crippen molar-refractivity contribution in [2.45, 2.75) is 46.2 Å². The Bertz CT molecular complexity index is 514. The van der Waals surface area contributed by atoms with E-state index in [1.807, 2.05) is 25.1 Å². The summed E-state index contributed by atoms with van der Waals surface area (Å²) in [5, 5.41) is 0. The molecule has 2 rings (SSSR count). The number of ether oxygens (including phenoxy) is 1. The van der Waals surface area contributed by atoms with Gasteiger partial charge in [-0.25, -0.2) is 0 Å². The smallest absolute Gasteiger partial charge is 0.159 e. The molecular weight excluding hydrogens is 276 g/mol. The van der Waals surface area contributed by atoms with E-state index < -0.39 is 0 Å². The fourth-order valence-corrected chi connectivity index (χ4v) is 3.12. The first kappa shape index (κ1) is 17.0. The van der Waals surface area contributed by atoms with Crippen molar-refractivity contribution in [3.8, 4) is 5.75 Å². The minimum absolute atomic E-state index is 0.0939. The molecule has 1 aliphatic rings. The predicted molar refractivity (Wildman–Crippen MR) is 89.3 cm³/mol. The van der Waals surface area contributed by atoms with Crippen molar-refractivity contribution in [1.29, 1.82) is 0 Å². The van der Waals surface area contributed by atoms with Crippen LogP contribution in [0.25, 0.3) is 0 Å². The highest BCUT2D eigenvalue weighted by Crippen LogP contribution is 2.26. The molecule has 0 amide bonds. The topological polar surface area (TPSA) is 55.6 Å². The Morgan fingerprint density at radius 3 is 2.91 bits per heavy atom. The lowest BCUT2D eigenvalue weighted by molar-refractivity contribution is 0.101. The third kappa shape index (κ3) is 4.31. The van der Waals surface area contributed by atoms with Crippen molar-refractivity contribution in [2.75, 3.05) is 19.7 Å². The molecule has 122 valence electrons. The van der Waals surface area contributed by atoms with Crippen molar-refractivity contribution >= 4 is 5.78 Å². The van der Waals surface area contributed by atoms with Gasteiger partial charge in [-0.05, 0) is 64.3 Å². The maximum absolute atomic E-state index is 11.6. The van der Waals surface area contributed by atoms with Crippen LogP contribution in [-0.4, -0.2) is 36.4 Å². The van der Waals surface area contributed by atoms with Gasteiger partial charge in [0.15, 0.2) is 5.78 Å².